The van der Waals surface area contributed by atoms with E-state index in [1.807, 2.05) is 42.5 Å². The second-order valence-electron chi connectivity index (χ2n) is 5.86. The number of methoxy groups -OCH3 is 1. The molecule has 1 aliphatic heterocycles. The van der Waals surface area contributed by atoms with Crippen molar-refractivity contribution in [1.82, 2.24) is 0 Å². The Morgan fingerprint density at radius 1 is 1.20 bits per heavy atom. The quantitative estimate of drug-likeness (QED) is 0.732. The molecular weight excluding hydrogens is 334 g/mol. The van der Waals surface area contributed by atoms with E-state index >= 15 is 0 Å². The standard InChI is InChI=1S/C20H17NO3S/c1-12-6-5-9-16-18(12)19-13(11-24-16)10-17(25-19)20(22)21-14-7-3-4-8-15(14)23-2/h3-10H,11H2,1-2H3,(H,21,22). The summed E-state index contributed by atoms with van der Waals surface area (Å²) in [6, 6.07) is 15.3. The zero-order valence-electron chi connectivity index (χ0n) is 14.0. The molecule has 0 saturated heterocycles. The SMILES string of the molecule is COc1ccccc1NC(=O)c1cc2c(s1)-c1c(C)cccc1OC2. The molecule has 2 heterocycles. The normalized spacial score (nSPS) is 11.9. The second-order valence-corrected chi connectivity index (χ2v) is 6.91. The lowest BCUT2D eigenvalue weighted by Gasteiger charge is -2.19. The molecule has 0 bridgehead atoms. The number of amides is 1. The first-order chi connectivity index (χ1) is 12.2. The average molecular weight is 351 g/mol. The molecule has 0 aliphatic carbocycles. The van der Waals surface area contributed by atoms with Crippen LogP contribution in [0.5, 0.6) is 11.5 Å². The van der Waals surface area contributed by atoms with Crippen LogP contribution in [0.2, 0.25) is 0 Å². The molecule has 4 nitrogen and oxygen atoms in total. The highest BCUT2D eigenvalue weighted by atomic mass is 32.1. The third kappa shape index (κ3) is 2.76. The smallest absolute Gasteiger partial charge is 0.265 e. The first-order valence-corrected chi connectivity index (χ1v) is 8.79. The topological polar surface area (TPSA) is 47.6 Å². The van der Waals surface area contributed by atoms with Crippen molar-refractivity contribution < 1.29 is 14.3 Å². The lowest BCUT2D eigenvalue weighted by atomic mass is 10.0. The van der Waals surface area contributed by atoms with Crippen LogP contribution in [0.3, 0.4) is 0 Å². The molecule has 0 atom stereocenters. The molecule has 3 aromatic rings. The van der Waals surface area contributed by atoms with Gasteiger partial charge in [-0.3, -0.25) is 4.79 Å². The Hall–Kier alpha value is -2.79. The van der Waals surface area contributed by atoms with Crippen molar-refractivity contribution in [1.29, 1.82) is 0 Å². The summed E-state index contributed by atoms with van der Waals surface area (Å²) < 4.78 is 11.1. The van der Waals surface area contributed by atoms with E-state index in [-0.39, 0.29) is 5.91 Å². The van der Waals surface area contributed by atoms with Crippen LogP contribution in [0.15, 0.2) is 48.5 Å². The molecule has 1 N–H and O–H groups in total. The number of rotatable bonds is 3. The van der Waals surface area contributed by atoms with Crippen molar-refractivity contribution in [3.05, 3.63) is 64.5 Å². The summed E-state index contributed by atoms with van der Waals surface area (Å²) in [6.07, 6.45) is 0. The molecular formula is C20H17NO3S. The fourth-order valence-electron chi connectivity index (χ4n) is 3.00. The monoisotopic (exact) mass is 351 g/mol. The Kier molecular flexibility index (Phi) is 3.93. The number of anilines is 1. The molecule has 0 unspecified atom stereocenters. The number of fused-ring (bicyclic) bond motifs is 3. The van der Waals surface area contributed by atoms with Gasteiger partial charge in [0, 0.05) is 16.0 Å². The van der Waals surface area contributed by atoms with Gasteiger partial charge in [0.2, 0.25) is 0 Å². The van der Waals surface area contributed by atoms with Crippen LogP contribution in [-0.4, -0.2) is 13.0 Å². The molecule has 1 aliphatic rings. The molecule has 1 amide bonds. The molecule has 2 aromatic carbocycles. The third-order valence-electron chi connectivity index (χ3n) is 4.23. The molecule has 0 spiro atoms. The van der Waals surface area contributed by atoms with Crippen molar-refractivity contribution in [3.63, 3.8) is 0 Å². The first kappa shape index (κ1) is 15.7. The summed E-state index contributed by atoms with van der Waals surface area (Å²) in [7, 11) is 1.59. The number of para-hydroxylation sites is 2. The third-order valence-corrected chi connectivity index (χ3v) is 5.43. The van der Waals surface area contributed by atoms with E-state index in [0.717, 1.165) is 27.3 Å². The summed E-state index contributed by atoms with van der Waals surface area (Å²) in [4.78, 5) is 14.5. The van der Waals surface area contributed by atoms with Gasteiger partial charge in [-0.1, -0.05) is 24.3 Å². The first-order valence-electron chi connectivity index (χ1n) is 7.97. The Balaban J connectivity index is 1.68. The van der Waals surface area contributed by atoms with Crippen molar-refractivity contribution in [2.45, 2.75) is 13.5 Å². The number of aryl methyl sites for hydroxylation is 1. The summed E-state index contributed by atoms with van der Waals surface area (Å²) in [5.41, 5.74) is 3.95. The van der Waals surface area contributed by atoms with E-state index in [2.05, 4.69) is 18.3 Å². The Morgan fingerprint density at radius 3 is 2.88 bits per heavy atom. The van der Waals surface area contributed by atoms with Crippen molar-refractivity contribution in [2.24, 2.45) is 0 Å². The van der Waals surface area contributed by atoms with Gasteiger partial charge in [0.15, 0.2) is 0 Å². The number of benzene rings is 2. The van der Waals surface area contributed by atoms with Gasteiger partial charge >= 0.3 is 0 Å². The summed E-state index contributed by atoms with van der Waals surface area (Å²) >= 11 is 1.50. The Bertz CT molecular complexity index is 961. The predicted octanol–water partition coefficient (Wildman–Crippen LogP) is 4.88. The molecule has 126 valence electrons. The van der Waals surface area contributed by atoms with Gasteiger partial charge in [0.25, 0.3) is 5.91 Å². The number of thiophene rings is 1. The molecule has 0 fully saturated rings. The number of hydrogen-bond donors (Lipinski definition) is 1. The van der Waals surface area contributed by atoms with E-state index in [1.165, 1.54) is 11.3 Å². The van der Waals surface area contributed by atoms with E-state index in [0.29, 0.717) is 22.9 Å². The average Bonchev–Trinajstić information content (AvgIpc) is 3.06. The van der Waals surface area contributed by atoms with Gasteiger partial charge in [-0.15, -0.1) is 11.3 Å². The summed E-state index contributed by atoms with van der Waals surface area (Å²) in [5.74, 6) is 1.38. The highest BCUT2D eigenvalue weighted by Crippen LogP contribution is 2.44. The minimum atomic E-state index is -0.140. The Labute approximate surface area is 150 Å². The second kappa shape index (κ2) is 6.26. The maximum Gasteiger partial charge on any atom is 0.265 e. The molecule has 5 heteroatoms. The van der Waals surface area contributed by atoms with Gasteiger partial charge in [0.1, 0.15) is 18.1 Å². The summed E-state index contributed by atoms with van der Waals surface area (Å²) in [5, 5.41) is 2.93. The van der Waals surface area contributed by atoms with Gasteiger partial charge in [-0.2, -0.15) is 0 Å². The number of carbonyl (C=O) groups excluding carboxylic acids is 1. The molecule has 1 aromatic heterocycles. The van der Waals surface area contributed by atoms with Crippen LogP contribution in [0, 0.1) is 6.92 Å². The van der Waals surface area contributed by atoms with Crippen molar-refractivity contribution in [2.75, 3.05) is 12.4 Å². The van der Waals surface area contributed by atoms with E-state index in [4.69, 9.17) is 9.47 Å². The van der Waals surface area contributed by atoms with Crippen LogP contribution in [0.25, 0.3) is 10.4 Å². The van der Waals surface area contributed by atoms with Crippen LogP contribution in [-0.2, 0) is 6.61 Å². The maximum atomic E-state index is 12.7. The van der Waals surface area contributed by atoms with Crippen LogP contribution < -0.4 is 14.8 Å². The highest BCUT2D eigenvalue weighted by Gasteiger charge is 2.24. The fraction of sp³-hybridized carbons (Fsp3) is 0.150. The van der Waals surface area contributed by atoms with E-state index < -0.39 is 0 Å². The lowest BCUT2D eigenvalue weighted by molar-refractivity contribution is 0.103. The Morgan fingerprint density at radius 2 is 2.04 bits per heavy atom. The zero-order valence-corrected chi connectivity index (χ0v) is 14.8. The highest BCUT2D eigenvalue weighted by molar-refractivity contribution is 7.17. The number of nitrogens with one attached hydrogen (secondary N) is 1. The minimum Gasteiger partial charge on any atom is -0.495 e. The van der Waals surface area contributed by atoms with E-state index in [1.54, 1.807) is 7.11 Å². The molecule has 4 rings (SSSR count). The van der Waals surface area contributed by atoms with Gasteiger partial charge in [0.05, 0.1) is 17.7 Å². The zero-order chi connectivity index (χ0) is 17.4. The summed E-state index contributed by atoms with van der Waals surface area (Å²) in [6.45, 7) is 2.55. The van der Waals surface area contributed by atoms with Crippen LogP contribution >= 0.6 is 11.3 Å². The van der Waals surface area contributed by atoms with Crippen LogP contribution in [0.4, 0.5) is 5.69 Å². The molecule has 0 radical (unpaired) electrons. The maximum absolute atomic E-state index is 12.7. The molecule has 25 heavy (non-hydrogen) atoms. The predicted molar refractivity (Wildman–Crippen MR) is 99.8 cm³/mol. The minimum absolute atomic E-state index is 0.140. The number of carbonyl (C=O) groups is 1. The van der Waals surface area contributed by atoms with Gasteiger partial charge in [-0.25, -0.2) is 0 Å². The van der Waals surface area contributed by atoms with Crippen molar-refractivity contribution >= 4 is 22.9 Å². The van der Waals surface area contributed by atoms with E-state index in [9.17, 15) is 4.79 Å². The van der Waals surface area contributed by atoms with Gasteiger partial charge < -0.3 is 14.8 Å². The van der Waals surface area contributed by atoms with Crippen molar-refractivity contribution in [3.8, 4) is 21.9 Å². The molecule has 0 saturated carbocycles. The lowest BCUT2D eigenvalue weighted by Crippen LogP contribution is -2.11. The number of ether oxygens (including phenoxy) is 2. The van der Waals surface area contributed by atoms with Crippen LogP contribution in [0.1, 0.15) is 20.8 Å². The number of hydrogen-bond acceptors (Lipinski definition) is 4. The van der Waals surface area contributed by atoms with Gasteiger partial charge in [-0.05, 0) is 36.8 Å². The largest absolute Gasteiger partial charge is 0.495 e. The fourth-order valence-corrected chi connectivity index (χ4v) is 4.18.